The van der Waals surface area contributed by atoms with Crippen LogP contribution in [0.25, 0.3) is 11.0 Å². The van der Waals surface area contributed by atoms with E-state index in [0.29, 0.717) is 34.5 Å². The highest BCUT2D eigenvalue weighted by Gasteiger charge is 2.25. The van der Waals surface area contributed by atoms with E-state index in [2.05, 4.69) is 32.4 Å². The molecule has 0 saturated heterocycles. The molecule has 2 N–H and O–H groups in total. The van der Waals surface area contributed by atoms with Crippen molar-refractivity contribution in [2.24, 2.45) is 5.92 Å². The van der Waals surface area contributed by atoms with Gasteiger partial charge in [-0.15, -0.1) is 0 Å². The minimum Gasteiger partial charge on any atom is -0.325 e. The summed E-state index contributed by atoms with van der Waals surface area (Å²) in [5.74, 6) is 2.76. The molecular formula is C18H21FN6. The fraction of sp³-hybridized carbons (Fsp3) is 0.444. The van der Waals surface area contributed by atoms with Gasteiger partial charge in [-0.05, 0) is 25.3 Å². The molecule has 130 valence electrons. The Labute approximate surface area is 145 Å². The molecule has 1 fully saturated rings. The lowest BCUT2D eigenvalue weighted by Crippen LogP contribution is -2.18. The highest BCUT2D eigenvalue weighted by atomic mass is 19.1. The van der Waals surface area contributed by atoms with Crippen molar-refractivity contribution in [3.8, 4) is 0 Å². The lowest BCUT2D eigenvalue weighted by Gasteiger charge is -2.27. The number of rotatable bonds is 3. The zero-order valence-electron chi connectivity index (χ0n) is 14.4. The van der Waals surface area contributed by atoms with Crippen molar-refractivity contribution in [1.82, 2.24) is 25.1 Å². The van der Waals surface area contributed by atoms with Gasteiger partial charge in [0.05, 0.1) is 11.6 Å². The predicted octanol–water partition coefficient (Wildman–Crippen LogP) is 4.23. The fourth-order valence-corrected chi connectivity index (χ4v) is 3.62. The molecule has 3 aromatic heterocycles. The molecule has 25 heavy (non-hydrogen) atoms. The minimum absolute atomic E-state index is 0.395. The van der Waals surface area contributed by atoms with Gasteiger partial charge >= 0.3 is 0 Å². The number of hydrogen-bond acceptors (Lipinski definition) is 5. The first kappa shape index (κ1) is 15.9. The molecule has 0 aromatic carbocycles. The van der Waals surface area contributed by atoms with Crippen LogP contribution in [0, 0.1) is 18.7 Å². The summed E-state index contributed by atoms with van der Waals surface area (Å²) in [6.07, 6.45) is 6.02. The lowest BCUT2D eigenvalue weighted by molar-refractivity contribution is 0.319. The Morgan fingerprint density at radius 3 is 2.88 bits per heavy atom. The van der Waals surface area contributed by atoms with Crippen LogP contribution in [0.15, 0.2) is 18.3 Å². The lowest BCUT2D eigenvalue weighted by atomic mass is 9.80. The summed E-state index contributed by atoms with van der Waals surface area (Å²) < 4.78 is 13.5. The van der Waals surface area contributed by atoms with Crippen LogP contribution >= 0.6 is 0 Å². The molecule has 0 unspecified atom stereocenters. The largest absolute Gasteiger partial charge is 0.325 e. The van der Waals surface area contributed by atoms with Crippen molar-refractivity contribution in [2.45, 2.75) is 45.4 Å². The fourth-order valence-electron chi connectivity index (χ4n) is 3.62. The molecule has 0 spiro atoms. The maximum atomic E-state index is 13.5. The number of fused-ring (bicyclic) bond motifs is 1. The Morgan fingerprint density at radius 2 is 2.04 bits per heavy atom. The highest BCUT2D eigenvalue weighted by molar-refractivity contribution is 5.88. The number of nitrogens with one attached hydrogen (secondary N) is 2. The van der Waals surface area contributed by atoms with Gasteiger partial charge in [-0.25, -0.2) is 19.3 Å². The summed E-state index contributed by atoms with van der Waals surface area (Å²) in [7, 11) is 0. The quantitative estimate of drug-likeness (QED) is 0.746. The topological polar surface area (TPSA) is 79.4 Å². The number of H-pyrrole nitrogens is 1. The Morgan fingerprint density at radius 1 is 1.20 bits per heavy atom. The molecule has 1 aliphatic carbocycles. The molecule has 4 rings (SSSR count). The van der Waals surface area contributed by atoms with Gasteiger partial charge in [0.1, 0.15) is 23.3 Å². The number of aromatic amines is 1. The number of aromatic nitrogens is 5. The summed E-state index contributed by atoms with van der Waals surface area (Å²) in [5, 5.41) is 10.8. The third kappa shape index (κ3) is 3.18. The maximum absolute atomic E-state index is 13.5. The molecular weight excluding hydrogens is 319 g/mol. The normalized spacial score (nSPS) is 20.8. The van der Waals surface area contributed by atoms with Crippen molar-refractivity contribution in [2.75, 3.05) is 5.32 Å². The third-order valence-electron chi connectivity index (χ3n) is 4.94. The van der Waals surface area contributed by atoms with Gasteiger partial charge in [-0.1, -0.05) is 26.2 Å². The second-order valence-electron chi connectivity index (χ2n) is 6.87. The van der Waals surface area contributed by atoms with Crippen LogP contribution in [0.4, 0.5) is 16.0 Å². The van der Waals surface area contributed by atoms with Crippen LogP contribution in [-0.2, 0) is 0 Å². The summed E-state index contributed by atoms with van der Waals surface area (Å²) in [5.41, 5.74) is 1.38. The Kier molecular flexibility index (Phi) is 4.07. The first-order chi connectivity index (χ1) is 12.1. The molecule has 0 radical (unpaired) electrons. The molecule has 7 heteroatoms. The van der Waals surface area contributed by atoms with E-state index < -0.39 is 5.82 Å². The van der Waals surface area contributed by atoms with Gasteiger partial charge in [0.15, 0.2) is 5.65 Å². The van der Waals surface area contributed by atoms with Crippen LogP contribution < -0.4 is 5.32 Å². The molecule has 2 atom stereocenters. The molecule has 0 amide bonds. The molecule has 0 bridgehead atoms. The average molecular weight is 340 g/mol. The minimum atomic E-state index is -0.396. The van der Waals surface area contributed by atoms with Crippen LogP contribution in [0.5, 0.6) is 0 Å². The van der Waals surface area contributed by atoms with Crippen LogP contribution in [0.3, 0.4) is 0 Å². The summed E-state index contributed by atoms with van der Waals surface area (Å²) in [6.45, 7) is 4.25. The van der Waals surface area contributed by atoms with E-state index >= 15 is 0 Å². The first-order valence-electron chi connectivity index (χ1n) is 8.72. The van der Waals surface area contributed by atoms with Crippen molar-refractivity contribution < 1.29 is 4.39 Å². The first-order valence-corrected chi connectivity index (χ1v) is 8.72. The highest BCUT2D eigenvalue weighted by Crippen LogP contribution is 2.36. The molecule has 1 saturated carbocycles. The summed E-state index contributed by atoms with van der Waals surface area (Å²) >= 11 is 0. The monoisotopic (exact) mass is 340 g/mol. The molecule has 3 heterocycles. The van der Waals surface area contributed by atoms with Gasteiger partial charge in [0, 0.05) is 17.7 Å². The van der Waals surface area contributed by atoms with Crippen molar-refractivity contribution in [1.29, 1.82) is 0 Å². The SMILES string of the molecule is Cc1cc(Nc2[nH]nc3ncc(F)cc23)nc([C@H]2CCCC[C@@H]2C)n1. The number of hydrogen-bond donors (Lipinski definition) is 2. The van der Waals surface area contributed by atoms with Crippen LogP contribution in [-0.4, -0.2) is 25.1 Å². The zero-order chi connectivity index (χ0) is 17.4. The van der Waals surface area contributed by atoms with E-state index in [-0.39, 0.29) is 0 Å². The van der Waals surface area contributed by atoms with Crippen molar-refractivity contribution in [3.05, 3.63) is 35.7 Å². The Balaban J connectivity index is 1.67. The van der Waals surface area contributed by atoms with Gasteiger partial charge in [-0.3, -0.25) is 5.10 Å². The third-order valence-corrected chi connectivity index (χ3v) is 4.94. The maximum Gasteiger partial charge on any atom is 0.183 e. The van der Waals surface area contributed by atoms with Crippen molar-refractivity contribution >= 4 is 22.7 Å². The van der Waals surface area contributed by atoms with E-state index in [1.165, 1.54) is 25.3 Å². The molecule has 0 aliphatic heterocycles. The van der Waals surface area contributed by atoms with E-state index in [0.717, 1.165) is 24.1 Å². The number of pyridine rings is 1. The van der Waals surface area contributed by atoms with Crippen molar-refractivity contribution in [3.63, 3.8) is 0 Å². The standard InChI is InChI=1S/C18H21FN6/c1-10-5-3-4-6-13(10)17-21-11(2)7-15(22-17)23-18-14-8-12(19)9-20-16(14)24-25-18/h7-10,13H,3-6H2,1-2H3,(H2,20,21,22,23,24,25)/t10-,13-/m0/s1. The number of anilines is 2. The summed E-state index contributed by atoms with van der Waals surface area (Å²) in [6, 6.07) is 3.29. The molecule has 1 aliphatic rings. The van der Waals surface area contributed by atoms with Crippen LogP contribution in [0.2, 0.25) is 0 Å². The average Bonchev–Trinajstić information content (AvgIpc) is 2.97. The Bertz CT molecular complexity index is 906. The van der Waals surface area contributed by atoms with E-state index in [9.17, 15) is 4.39 Å². The number of halogens is 1. The second-order valence-corrected chi connectivity index (χ2v) is 6.87. The van der Waals surface area contributed by atoms with Crippen LogP contribution in [0.1, 0.15) is 50.0 Å². The molecule has 3 aromatic rings. The van der Waals surface area contributed by atoms with E-state index in [4.69, 9.17) is 4.98 Å². The smallest absolute Gasteiger partial charge is 0.183 e. The number of nitrogens with zero attached hydrogens (tertiary/aromatic N) is 4. The van der Waals surface area contributed by atoms with Gasteiger partial charge in [0.25, 0.3) is 0 Å². The van der Waals surface area contributed by atoms with Gasteiger partial charge in [0.2, 0.25) is 0 Å². The number of aryl methyl sites for hydroxylation is 1. The van der Waals surface area contributed by atoms with Gasteiger partial charge < -0.3 is 5.32 Å². The van der Waals surface area contributed by atoms with E-state index in [1.807, 2.05) is 13.0 Å². The zero-order valence-corrected chi connectivity index (χ0v) is 14.4. The predicted molar refractivity (Wildman–Crippen MR) is 94.3 cm³/mol. The van der Waals surface area contributed by atoms with Gasteiger partial charge in [-0.2, -0.15) is 5.10 Å². The summed E-state index contributed by atoms with van der Waals surface area (Å²) in [4.78, 5) is 13.4. The van der Waals surface area contributed by atoms with E-state index in [1.54, 1.807) is 0 Å². The molecule has 6 nitrogen and oxygen atoms in total. The second kappa shape index (κ2) is 6.38. The Hall–Kier alpha value is -2.57.